The van der Waals surface area contributed by atoms with Gasteiger partial charge in [0.25, 0.3) is 0 Å². The summed E-state index contributed by atoms with van der Waals surface area (Å²) in [4.78, 5) is 57.1. The normalized spacial score (nSPS) is 11.4. The molecule has 0 heterocycles. The van der Waals surface area contributed by atoms with Gasteiger partial charge in [0.15, 0.2) is 0 Å². The van der Waals surface area contributed by atoms with Gasteiger partial charge < -0.3 is 45.3 Å². The maximum absolute atomic E-state index is 11.9. The van der Waals surface area contributed by atoms with E-state index in [0.717, 1.165) is 0 Å². The summed E-state index contributed by atoms with van der Waals surface area (Å²) in [5, 5.41) is 19.8. The van der Waals surface area contributed by atoms with Crippen LogP contribution >= 0.6 is 15.9 Å². The number of nitrogens with one attached hydrogen (secondary N) is 4. The standard InChI is InChI=1S/C23H41BrN4O10/c1-2-19(29)26-7-9-35-11-13-37-16-21(31)27-8-10-36-12-14-38-17-22(32)28-18(23(33)34)5-3-4-6-25-20(30)15-24/h18H,2-17H2,1H3,(H,25,30)(H,26,29)(H,27,31)(H,28,32)(H,33,34)/t18-/m0/s1. The molecule has 0 saturated heterocycles. The summed E-state index contributed by atoms with van der Waals surface area (Å²) < 4.78 is 20.9. The number of halogens is 1. The molecule has 38 heavy (non-hydrogen) atoms. The Morgan fingerprint density at radius 2 is 1.21 bits per heavy atom. The molecule has 5 N–H and O–H groups in total. The molecule has 0 bridgehead atoms. The predicted octanol–water partition coefficient (Wildman–Crippen LogP) is -1.05. The number of carbonyl (C=O) groups excluding carboxylic acids is 4. The minimum Gasteiger partial charge on any atom is -0.480 e. The first-order valence-corrected chi connectivity index (χ1v) is 13.6. The number of rotatable bonds is 25. The molecular weight excluding hydrogens is 572 g/mol. The Kier molecular flexibility index (Phi) is 23.4. The maximum Gasteiger partial charge on any atom is 0.326 e. The van der Waals surface area contributed by atoms with Crippen LogP contribution in [-0.4, -0.2) is 119 Å². The van der Waals surface area contributed by atoms with Crippen molar-refractivity contribution < 1.29 is 48.0 Å². The summed E-state index contributed by atoms with van der Waals surface area (Å²) in [5.41, 5.74) is 0. The van der Waals surface area contributed by atoms with Crippen molar-refractivity contribution in [1.82, 2.24) is 21.3 Å². The zero-order valence-electron chi connectivity index (χ0n) is 21.9. The molecule has 0 radical (unpaired) electrons. The zero-order chi connectivity index (χ0) is 28.4. The minimum atomic E-state index is -1.14. The molecule has 0 aliphatic rings. The fourth-order valence-electron chi connectivity index (χ4n) is 2.71. The zero-order valence-corrected chi connectivity index (χ0v) is 23.5. The van der Waals surface area contributed by atoms with Gasteiger partial charge in [0.1, 0.15) is 19.3 Å². The van der Waals surface area contributed by atoms with E-state index in [-0.39, 0.29) is 75.7 Å². The van der Waals surface area contributed by atoms with E-state index in [0.29, 0.717) is 45.6 Å². The predicted molar refractivity (Wildman–Crippen MR) is 140 cm³/mol. The van der Waals surface area contributed by atoms with Crippen LogP contribution in [0.25, 0.3) is 0 Å². The maximum atomic E-state index is 11.9. The number of ether oxygens (including phenoxy) is 4. The summed E-state index contributed by atoms with van der Waals surface area (Å²) in [5.74, 6) is -2.17. The lowest BCUT2D eigenvalue weighted by atomic mass is 10.1. The lowest BCUT2D eigenvalue weighted by Gasteiger charge is -2.14. The third kappa shape index (κ3) is 22.8. The fraction of sp³-hybridized carbons (Fsp3) is 0.783. The largest absolute Gasteiger partial charge is 0.480 e. The van der Waals surface area contributed by atoms with Crippen molar-refractivity contribution in [3.05, 3.63) is 0 Å². The first kappa shape index (κ1) is 35.7. The third-order valence-electron chi connectivity index (χ3n) is 4.67. The number of unbranched alkanes of at least 4 members (excludes halogenated alkanes) is 1. The van der Waals surface area contributed by atoms with Gasteiger partial charge in [-0.05, 0) is 19.3 Å². The van der Waals surface area contributed by atoms with Crippen molar-refractivity contribution in [3.63, 3.8) is 0 Å². The highest BCUT2D eigenvalue weighted by Gasteiger charge is 2.19. The van der Waals surface area contributed by atoms with Crippen LogP contribution in [0.5, 0.6) is 0 Å². The van der Waals surface area contributed by atoms with E-state index in [1.54, 1.807) is 6.92 Å². The van der Waals surface area contributed by atoms with E-state index in [2.05, 4.69) is 37.2 Å². The quantitative estimate of drug-likeness (QED) is 0.0627. The number of carbonyl (C=O) groups is 5. The highest BCUT2D eigenvalue weighted by atomic mass is 79.9. The van der Waals surface area contributed by atoms with E-state index in [9.17, 15) is 29.1 Å². The molecule has 0 spiro atoms. The topological polar surface area (TPSA) is 191 Å². The SMILES string of the molecule is CCC(=O)NCCOCCOCC(=O)NCCOCCOCC(=O)N[C@@H](CCCCNC(=O)CBr)C(=O)O. The molecule has 0 aromatic heterocycles. The number of aliphatic carboxylic acids is 1. The van der Waals surface area contributed by atoms with Crippen LogP contribution in [0.4, 0.5) is 0 Å². The summed E-state index contributed by atoms with van der Waals surface area (Å²) in [6, 6.07) is -1.03. The molecule has 0 aromatic carbocycles. The van der Waals surface area contributed by atoms with E-state index in [1.165, 1.54) is 0 Å². The van der Waals surface area contributed by atoms with Crippen LogP contribution in [0, 0.1) is 0 Å². The monoisotopic (exact) mass is 612 g/mol. The Morgan fingerprint density at radius 1 is 0.684 bits per heavy atom. The number of hydrogen-bond acceptors (Lipinski definition) is 9. The van der Waals surface area contributed by atoms with E-state index in [1.807, 2.05) is 0 Å². The molecular formula is C23H41BrN4O10. The highest BCUT2D eigenvalue weighted by molar-refractivity contribution is 9.09. The van der Waals surface area contributed by atoms with E-state index < -0.39 is 17.9 Å². The number of amides is 4. The third-order valence-corrected chi connectivity index (χ3v) is 5.17. The molecule has 0 unspecified atom stereocenters. The van der Waals surface area contributed by atoms with Gasteiger partial charge >= 0.3 is 5.97 Å². The molecule has 4 amide bonds. The second-order valence-corrected chi connectivity index (χ2v) is 8.38. The molecule has 0 saturated carbocycles. The van der Waals surface area contributed by atoms with Crippen molar-refractivity contribution in [1.29, 1.82) is 0 Å². The molecule has 14 nitrogen and oxygen atoms in total. The summed E-state index contributed by atoms with van der Waals surface area (Å²) in [6.07, 6.45) is 1.78. The second-order valence-electron chi connectivity index (χ2n) is 7.82. The van der Waals surface area contributed by atoms with Gasteiger partial charge in [-0.1, -0.05) is 22.9 Å². The Morgan fingerprint density at radius 3 is 1.76 bits per heavy atom. The molecule has 1 atom stereocenters. The molecule has 0 fully saturated rings. The van der Waals surface area contributed by atoms with Crippen molar-refractivity contribution >= 4 is 45.5 Å². The minimum absolute atomic E-state index is 0.0368. The summed E-state index contributed by atoms with van der Waals surface area (Å²) in [7, 11) is 0. The number of alkyl halides is 1. The van der Waals surface area contributed by atoms with Gasteiger partial charge in [-0.2, -0.15) is 0 Å². The lowest BCUT2D eigenvalue weighted by Crippen LogP contribution is -2.42. The average Bonchev–Trinajstić information content (AvgIpc) is 2.90. The van der Waals surface area contributed by atoms with Gasteiger partial charge in [-0.3, -0.25) is 19.2 Å². The van der Waals surface area contributed by atoms with Crippen LogP contribution in [0.3, 0.4) is 0 Å². The fourth-order valence-corrected chi connectivity index (χ4v) is 2.91. The highest BCUT2D eigenvalue weighted by Crippen LogP contribution is 2.01. The smallest absolute Gasteiger partial charge is 0.326 e. The van der Waals surface area contributed by atoms with E-state index in [4.69, 9.17) is 18.9 Å². The van der Waals surface area contributed by atoms with Crippen molar-refractivity contribution in [2.45, 2.75) is 38.6 Å². The average molecular weight is 614 g/mol. The summed E-state index contributed by atoms with van der Waals surface area (Å²) >= 11 is 3.03. The molecule has 0 aromatic rings. The van der Waals surface area contributed by atoms with Crippen molar-refractivity contribution in [2.75, 3.05) is 77.8 Å². The van der Waals surface area contributed by atoms with Crippen molar-refractivity contribution in [2.24, 2.45) is 0 Å². The van der Waals surface area contributed by atoms with Gasteiger partial charge in [0, 0.05) is 26.1 Å². The van der Waals surface area contributed by atoms with Crippen LogP contribution in [0.1, 0.15) is 32.6 Å². The van der Waals surface area contributed by atoms with Gasteiger partial charge in [0.2, 0.25) is 23.6 Å². The van der Waals surface area contributed by atoms with Gasteiger partial charge in [0.05, 0.1) is 45.0 Å². The van der Waals surface area contributed by atoms with Crippen LogP contribution in [0.2, 0.25) is 0 Å². The molecule has 0 aliphatic heterocycles. The molecule has 15 heteroatoms. The van der Waals surface area contributed by atoms with Gasteiger partial charge in [-0.15, -0.1) is 0 Å². The first-order valence-electron chi connectivity index (χ1n) is 12.5. The lowest BCUT2D eigenvalue weighted by molar-refractivity contribution is -0.142. The molecule has 0 rings (SSSR count). The number of carboxylic acids is 1. The Labute approximate surface area is 231 Å². The Hall–Kier alpha value is -2.33. The summed E-state index contributed by atoms with van der Waals surface area (Å²) in [6.45, 7) is 3.98. The van der Waals surface area contributed by atoms with Crippen molar-refractivity contribution in [3.8, 4) is 0 Å². The Balaban J connectivity index is 3.63. The first-order chi connectivity index (χ1) is 18.3. The number of hydrogen-bond donors (Lipinski definition) is 5. The van der Waals surface area contributed by atoms with Crippen LogP contribution in [0.15, 0.2) is 0 Å². The van der Waals surface area contributed by atoms with Crippen LogP contribution < -0.4 is 21.3 Å². The van der Waals surface area contributed by atoms with Crippen LogP contribution in [-0.2, 0) is 42.9 Å². The van der Waals surface area contributed by atoms with Gasteiger partial charge in [-0.25, -0.2) is 4.79 Å². The Bertz CT molecular complexity index is 699. The molecule has 220 valence electrons. The van der Waals surface area contributed by atoms with E-state index >= 15 is 0 Å². The number of carboxylic acid groups (broad SMARTS) is 1. The second kappa shape index (κ2) is 25.0. The molecule has 0 aliphatic carbocycles.